The van der Waals surface area contributed by atoms with E-state index in [1.54, 1.807) is 6.20 Å². The number of nitrogens with one attached hydrogen (secondary N) is 2. The zero-order chi connectivity index (χ0) is 18.9. The number of amides is 1. The van der Waals surface area contributed by atoms with E-state index in [1.807, 2.05) is 60.7 Å². The van der Waals surface area contributed by atoms with E-state index in [9.17, 15) is 4.79 Å². The Morgan fingerprint density at radius 1 is 1.11 bits per heavy atom. The Morgan fingerprint density at radius 3 is 2.96 bits per heavy atom. The van der Waals surface area contributed by atoms with E-state index in [1.165, 1.54) is 0 Å². The third-order valence-electron chi connectivity index (χ3n) is 5.03. The highest BCUT2D eigenvalue weighted by molar-refractivity contribution is 6.06. The average Bonchev–Trinajstić information content (AvgIpc) is 3.34. The fourth-order valence-electron chi connectivity index (χ4n) is 3.72. The topological polar surface area (TPSA) is 67.2 Å². The standard InChI is InChI=1S/C23H19N3O2/c27-23(19-5-3-6-20-18(19)9-11-24-20)26-22-13-15(8-10-25-22)12-17-14-16-4-1-2-7-21(16)28-17/h1-8,10,13-14,24H,9,11-12H2,(H,25,26,27). The summed E-state index contributed by atoms with van der Waals surface area (Å²) in [5.74, 6) is 1.30. The minimum absolute atomic E-state index is 0.131. The van der Waals surface area contributed by atoms with Crippen LogP contribution in [-0.2, 0) is 12.8 Å². The van der Waals surface area contributed by atoms with Gasteiger partial charge < -0.3 is 15.1 Å². The van der Waals surface area contributed by atoms with Gasteiger partial charge in [-0.2, -0.15) is 0 Å². The van der Waals surface area contributed by atoms with Crippen LogP contribution in [0.5, 0.6) is 0 Å². The molecule has 4 aromatic rings. The minimum atomic E-state index is -0.131. The lowest BCUT2D eigenvalue weighted by atomic mass is 10.0. The molecule has 0 spiro atoms. The van der Waals surface area contributed by atoms with Crippen molar-refractivity contribution in [2.24, 2.45) is 0 Å². The molecule has 0 aliphatic carbocycles. The number of nitrogens with zero attached hydrogens (tertiary/aromatic N) is 1. The van der Waals surface area contributed by atoms with E-state index in [0.717, 1.165) is 46.5 Å². The fourth-order valence-corrected chi connectivity index (χ4v) is 3.72. The monoisotopic (exact) mass is 369 g/mol. The second-order valence-electron chi connectivity index (χ2n) is 6.94. The summed E-state index contributed by atoms with van der Waals surface area (Å²) in [4.78, 5) is 17.1. The number of furan rings is 1. The number of hydrogen-bond acceptors (Lipinski definition) is 4. The summed E-state index contributed by atoms with van der Waals surface area (Å²) >= 11 is 0. The number of anilines is 2. The van der Waals surface area contributed by atoms with Gasteiger partial charge in [0.1, 0.15) is 17.2 Å². The molecule has 5 nitrogen and oxygen atoms in total. The van der Waals surface area contributed by atoms with E-state index in [2.05, 4.69) is 15.6 Å². The van der Waals surface area contributed by atoms with Crippen LogP contribution >= 0.6 is 0 Å². The van der Waals surface area contributed by atoms with Crippen LogP contribution in [0.3, 0.4) is 0 Å². The van der Waals surface area contributed by atoms with Crippen molar-refractivity contribution >= 4 is 28.4 Å². The van der Waals surface area contributed by atoms with Crippen molar-refractivity contribution in [2.75, 3.05) is 17.2 Å². The average molecular weight is 369 g/mol. The molecule has 5 heteroatoms. The molecule has 1 aliphatic heterocycles. The van der Waals surface area contributed by atoms with Gasteiger partial charge in [-0.3, -0.25) is 4.79 Å². The summed E-state index contributed by atoms with van der Waals surface area (Å²) in [7, 11) is 0. The van der Waals surface area contributed by atoms with Crippen LogP contribution in [0.25, 0.3) is 11.0 Å². The summed E-state index contributed by atoms with van der Waals surface area (Å²) in [6.45, 7) is 0.866. The molecule has 5 rings (SSSR count). The highest BCUT2D eigenvalue weighted by Crippen LogP contribution is 2.26. The third kappa shape index (κ3) is 3.11. The number of rotatable bonds is 4. The molecule has 2 aromatic carbocycles. The molecular formula is C23H19N3O2. The van der Waals surface area contributed by atoms with Crippen molar-refractivity contribution in [1.82, 2.24) is 4.98 Å². The third-order valence-corrected chi connectivity index (χ3v) is 5.03. The van der Waals surface area contributed by atoms with Crippen molar-refractivity contribution in [3.8, 4) is 0 Å². The molecule has 0 saturated carbocycles. The van der Waals surface area contributed by atoms with E-state index in [-0.39, 0.29) is 5.91 Å². The van der Waals surface area contributed by atoms with Gasteiger partial charge in [-0.1, -0.05) is 24.3 Å². The Labute approximate surface area is 162 Å². The SMILES string of the molecule is O=C(Nc1cc(Cc2cc3ccccc3o2)ccn1)c1cccc2c1CCN2. The van der Waals surface area contributed by atoms with E-state index in [0.29, 0.717) is 17.8 Å². The zero-order valence-corrected chi connectivity index (χ0v) is 15.2. The van der Waals surface area contributed by atoms with Crippen molar-refractivity contribution in [2.45, 2.75) is 12.8 Å². The van der Waals surface area contributed by atoms with Gasteiger partial charge in [0.2, 0.25) is 0 Å². The first-order valence-corrected chi connectivity index (χ1v) is 9.36. The first-order valence-electron chi connectivity index (χ1n) is 9.36. The zero-order valence-electron chi connectivity index (χ0n) is 15.2. The van der Waals surface area contributed by atoms with Gasteiger partial charge in [-0.25, -0.2) is 4.98 Å². The summed E-state index contributed by atoms with van der Waals surface area (Å²) in [6.07, 6.45) is 3.22. The van der Waals surface area contributed by atoms with E-state index in [4.69, 9.17) is 4.42 Å². The summed E-state index contributed by atoms with van der Waals surface area (Å²) in [5, 5.41) is 7.32. The van der Waals surface area contributed by atoms with Gasteiger partial charge in [0.15, 0.2) is 0 Å². The number of para-hydroxylation sites is 1. The predicted molar refractivity (Wildman–Crippen MR) is 110 cm³/mol. The first kappa shape index (κ1) is 16.6. The Balaban J connectivity index is 1.36. The Kier molecular flexibility index (Phi) is 4.05. The molecule has 0 fully saturated rings. The second kappa shape index (κ2) is 6.85. The number of fused-ring (bicyclic) bond motifs is 2. The largest absolute Gasteiger partial charge is 0.461 e. The highest BCUT2D eigenvalue weighted by Gasteiger charge is 2.18. The lowest BCUT2D eigenvalue weighted by Gasteiger charge is -2.09. The van der Waals surface area contributed by atoms with Crippen LogP contribution in [0, 0.1) is 0 Å². The normalized spacial score (nSPS) is 12.6. The van der Waals surface area contributed by atoms with Crippen molar-refractivity contribution in [3.05, 3.63) is 89.3 Å². The second-order valence-corrected chi connectivity index (χ2v) is 6.94. The molecule has 0 atom stereocenters. The molecule has 3 heterocycles. The molecule has 0 saturated heterocycles. The van der Waals surface area contributed by atoms with E-state index >= 15 is 0 Å². The van der Waals surface area contributed by atoms with Gasteiger partial charge in [0, 0.05) is 35.8 Å². The van der Waals surface area contributed by atoms with Crippen LogP contribution in [0.1, 0.15) is 27.2 Å². The maximum Gasteiger partial charge on any atom is 0.257 e. The van der Waals surface area contributed by atoms with Gasteiger partial charge in [0.25, 0.3) is 5.91 Å². The Hall–Kier alpha value is -3.60. The summed E-state index contributed by atoms with van der Waals surface area (Å²) in [5.41, 5.74) is 4.72. The van der Waals surface area contributed by atoms with Crippen LogP contribution < -0.4 is 10.6 Å². The molecule has 0 unspecified atom stereocenters. The lowest BCUT2D eigenvalue weighted by molar-refractivity contribution is 0.102. The molecule has 28 heavy (non-hydrogen) atoms. The molecule has 138 valence electrons. The number of aromatic nitrogens is 1. The fraction of sp³-hybridized carbons (Fsp3) is 0.130. The van der Waals surface area contributed by atoms with Crippen LogP contribution in [0.15, 0.2) is 71.3 Å². The Morgan fingerprint density at radius 2 is 2.04 bits per heavy atom. The molecule has 2 aromatic heterocycles. The predicted octanol–water partition coefficient (Wildman–Crippen LogP) is 4.64. The maximum atomic E-state index is 12.8. The maximum absolute atomic E-state index is 12.8. The molecular weight excluding hydrogens is 350 g/mol. The van der Waals surface area contributed by atoms with E-state index < -0.39 is 0 Å². The van der Waals surface area contributed by atoms with Crippen LogP contribution in [0.2, 0.25) is 0 Å². The van der Waals surface area contributed by atoms with Crippen molar-refractivity contribution in [3.63, 3.8) is 0 Å². The number of pyridine rings is 1. The highest BCUT2D eigenvalue weighted by atomic mass is 16.3. The van der Waals surface area contributed by atoms with Gasteiger partial charge in [-0.15, -0.1) is 0 Å². The number of hydrogen-bond donors (Lipinski definition) is 2. The summed E-state index contributed by atoms with van der Waals surface area (Å²) < 4.78 is 5.90. The molecule has 1 aliphatic rings. The number of carbonyl (C=O) groups is 1. The lowest BCUT2D eigenvalue weighted by Crippen LogP contribution is -2.15. The van der Waals surface area contributed by atoms with Crippen LogP contribution in [0.4, 0.5) is 11.5 Å². The van der Waals surface area contributed by atoms with Gasteiger partial charge in [-0.05, 0) is 53.9 Å². The van der Waals surface area contributed by atoms with Crippen molar-refractivity contribution in [1.29, 1.82) is 0 Å². The molecule has 0 radical (unpaired) electrons. The smallest absolute Gasteiger partial charge is 0.257 e. The van der Waals surface area contributed by atoms with Crippen molar-refractivity contribution < 1.29 is 9.21 Å². The molecule has 2 N–H and O–H groups in total. The quantitative estimate of drug-likeness (QED) is 0.550. The van der Waals surface area contributed by atoms with Gasteiger partial charge in [0.05, 0.1) is 0 Å². The number of carbonyl (C=O) groups excluding carboxylic acids is 1. The van der Waals surface area contributed by atoms with Gasteiger partial charge >= 0.3 is 0 Å². The molecule has 0 bridgehead atoms. The summed E-state index contributed by atoms with van der Waals surface area (Å²) in [6, 6.07) is 19.6. The minimum Gasteiger partial charge on any atom is -0.461 e. The van der Waals surface area contributed by atoms with Crippen LogP contribution in [-0.4, -0.2) is 17.4 Å². The first-order chi connectivity index (χ1) is 13.8. The molecule has 1 amide bonds. The Bertz CT molecular complexity index is 1150. The number of benzene rings is 2.